The van der Waals surface area contributed by atoms with Gasteiger partial charge in [-0.1, -0.05) is 13.3 Å². The van der Waals surface area contributed by atoms with Gasteiger partial charge in [0.05, 0.1) is 6.54 Å². The first kappa shape index (κ1) is 18.2. The zero-order valence-electron chi connectivity index (χ0n) is 13.5. The van der Waals surface area contributed by atoms with Crippen molar-refractivity contribution in [3.05, 3.63) is 0 Å². The molecule has 1 heterocycles. The number of nitrogens with zero attached hydrogens (tertiary/aromatic N) is 3. The molecule has 124 valence electrons. The van der Waals surface area contributed by atoms with E-state index in [0.717, 1.165) is 25.7 Å². The van der Waals surface area contributed by atoms with Crippen molar-refractivity contribution in [2.45, 2.75) is 51.6 Å². The molecular formula is C13H29N5O2S. The fourth-order valence-corrected chi connectivity index (χ4v) is 3.60. The highest BCUT2D eigenvalue weighted by molar-refractivity contribution is 7.86. The van der Waals surface area contributed by atoms with Crippen LogP contribution in [0.5, 0.6) is 0 Å². The molecule has 7 nitrogen and oxygen atoms in total. The molecule has 0 aromatic heterocycles. The maximum atomic E-state index is 12.3. The van der Waals surface area contributed by atoms with Gasteiger partial charge in [-0.25, -0.2) is 0 Å². The molecule has 0 aromatic rings. The van der Waals surface area contributed by atoms with Crippen molar-refractivity contribution >= 4 is 16.2 Å². The number of piperidine rings is 1. The van der Waals surface area contributed by atoms with Gasteiger partial charge in [0.2, 0.25) is 0 Å². The molecule has 3 N–H and O–H groups in total. The summed E-state index contributed by atoms with van der Waals surface area (Å²) in [5, 5.41) is 3.09. The van der Waals surface area contributed by atoms with Gasteiger partial charge in [0.15, 0.2) is 5.96 Å². The van der Waals surface area contributed by atoms with Crippen LogP contribution in [0.15, 0.2) is 4.99 Å². The minimum absolute atomic E-state index is 0.108. The summed E-state index contributed by atoms with van der Waals surface area (Å²) in [6, 6.07) is 0.158. The van der Waals surface area contributed by atoms with Crippen LogP contribution in [0.1, 0.15) is 39.5 Å². The second kappa shape index (κ2) is 7.95. The third-order valence-corrected chi connectivity index (χ3v) is 5.81. The van der Waals surface area contributed by atoms with Crippen LogP contribution in [0.2, 0.25) is 0 Å². The van der Waals surface area contributed by atoms with Gasteiger partial charge in [-0.3, -0.25) is 4.99 Å². The summed E-state index contributed by atoms with van der Waals surface area (Å²) in [5.41, 5.74) is 5.84. The van der Waals surface area contributed by atoms with E-state index in [1.807, 2.05) is 6.92 Å². The molecule has 1 aliphatic heterocycles. The molecule has 2 atom stereocenters. The molecule has 0 amide bonds. The maximum absolute atomic E-state index is 12.3. The van der Waals surface area contributed by atoms with Gasteiger partial charge in [-0.15, -0.1) is 0 Å². The molecular weight excluding hydrogens is 290 g/mol. The van der Waals surface area contributed by atoms with E-state index in [1.54, 1.807) is 18.4 Å². The van der Waals surface area contributed by atoms with Crippen molar-refractivity contribution < 1.29 is 8.42 Å². The summed E-state index contributed by atoms with van der Waals surface area (Å²) in [6.45, 7) is 5.06. The van der Waals surface area contributed by atoms with Gasteiger partial charge in [0, 0.05) is 32.7 Å². The average Bonchev–Trinajstić information content (AvgIpc) is 2.45. The molecule has 0 bridgehead atoms. The number of nitrogens with one attached hydrogen (secondary N) is 1. The maximum Gasteiger partial charge on any atom is 0.281 e. The number of guanidine groups is 1. The van der Waals surface area contributed by atoms with Crippen molar-refractivity contribution in [3.63, 3.8) is 0 Å². The normalized spacial score (nSPS) is 23.3. The largest absolute Gasteiger partial charge is 0.370 e. The fraction of sp³-hybridized carbons (Fsp3) is 0.923. The highest BCUT2D eigenvalue weighted by Crippen LogP contribution is 2.21. The van der Waals surface area contributed by atoms with E-state index in [9.17, 15) is 8.42 Å². The minimum atomic E-state index is -3.39. The molecule has 1 saturated heterocycles. The Hall–Kier alpha value is -0.860. The van der Waals surface area contributed by atoms with Crippen LogP contribution in [0.4, 0.5) is 0 Å². The summed E-state index contributed by atoms with van der Waals surface area (Å²) < 4.78 is 27.5. The monoisotopic (exact) mass is 319 g/mol. The molecule has 0 aliphatic carbocycles. The van der Waals surface area contributed by atoms with Crippen LogP contribution >= 0.6 is 0 Å². The topological polar surface area (TPSA) is 91.0 Å². The van der Waals surface area contributed by atoms with Gasteiger partial charge in [0.1, 0.15) is 0 Å². The Labute approximate surface area is 128 Å². The predicted octanol–water partition coefficient (Wildman–Crippen LogP) is 0.350. The van der Waals surface area contributed by atoms with Crippen molar-refractivity contribution in [3.8, 4) is 0 Å². The Morgan fingerprint density at radius 1 is 1.48 bits per heavy atom. The van der Waals surface area contributed by atoms with Crippen molar-refractivity contribution in [1.29, 1.82) is 0 Å². The van der Waals surface area contributed by atoms with Gasteiger partial charge < -0.3 is 11.1 Å². The second-order valence-electron chi connectivity index (χ2n) is 5.73. The van der Waals surface area contributed by atoms with Crippen molar-refractivity contribution in [1.82, 2.24) is 13.9 Å². The van der Waals surface area contributed by atoms with E-state index in [-0.39, 0.29) is 12.1 Å². The van der Waals surface area contributed by atoms with Crippen molar-refractivity contribution in [2.75, 3.05) is 27.2 Å². The Balaban J connectivity index is 2.73. The first-order chi connectivity index (χ1) is 9.78. The Morgan fingerprint density at radius 3 is 2.71 bits per heavy atom. The Bertz CT molecular complexity index is 449. The van der Waals surface area contributed by atoms with E-state index in [1.165, 1.54) is 4.31 Å². The first-order valence-corrected chi connectivity index (χ1v) is 8.94. The van der Waals surface area contributed by atoms with Gasteiger partial charge in [-0.05, 0) is 26.2 Å². The number of rotatable bonds is 6. The zero-order chi connectivity index (χ0) is 16.0. The Kier molecular flexibility index (Phi) is 6.89. The van der Waals surface area contributed by atoms with Crippen LogP contribution in [-0.4, -0.2) is 62.3 Å². The van der Waals surface area contributed by atoms with Crippen LogP contribution in [0.3, 0.4) is 0 Å². The lowest BCUT2D eigenvalue weighted by molar-refractivity contribution is 0.245. The van der Waals surface area contributed by atoms with E-state index < -0.39 is 10.2 Å². The zero-order valence-corrected chi connectivity index (χ0v) is 14.4. The minimum Gasteiger partial charge on any atom is -0.370 e. The molecule has 8 heteroatoms. The van der Waals surface area contributed by atoms with Crippen molar-refractivity contribution in [2.24, 2.45) is 10.7 Å². The standard InChI is InChI=1S/C13H29N5O2S/c1-5-11(2)16-13(14)15-10-12-8-6-7-9-18(12)21(19,20)17(3)4/h11-12H,5-10H2,1-4H3,(H3,14,15,16). The van der Waals surface area contributed by atoms with Crippen LogP contribution < -0.4 is 11.1 Å². The van der Waals surface area contributed by atoms with Gasteiger partial charge in [0.25, 0.3) is 10.2 Å². The first-order valence-electron chi connectivity index (χ1n) is 7.54. The molecule has 0 radical (unpaired) electrons. The van der Waals surface area contributed by atoms with Gasteiger partial charge >= 0.3 is 0 Å². The highest BCUT2D eigenvalue weighted by atomic mass is 32.2. The smallest absolute Gasteiger partial charge is 0.281 e. The second-order valence-corrected chi connectivity index (χ2v) is 7.83. The summed E-state index contributed by atoms with van der Waals surface area (Å²) in [7, 11) is -0.271. The third-order valence-electron chi connectivity index (χ3n) is 3.81. The quantitative estimate of drug-likeness (QED) is 0.546. The molecule has 1 aliphatic rings. The SMILES string of the molecule is CCC(C)NC(N)=NCC1CCCCN1S(=O)(=O)N(C)C. The average molecular weight is 319 g/mol. The van der Waals surface area contributed by atoms with E-state index in [4.69, 9.17) is 5.73 Å². The van der Waals surface area contributed by atoms with Crippen LogP contribution in [-0.2, 0) is 10.2 Å². The summed E-state index contributed by atoms with van der Waals surface area (Å²) in [4.78, 5) is 4.32. The molecule has 0 spiro atoms. The third kappa shape index (κ3) is 5.12. The lowest BCUT2D eigenvalue weighted by Gasteiger charge is -2.35. The van der Waals surface area contributed by atoms with Gasteiger partial charge in [-0.2, -0.15) is 17.0 Å². The highest BCUT2D eigenvalue weighted by Gasteiger charge is 2.33. The number of hydrogen-bond donors (Lipinski definition) is 2. The van der Waals surface area contributed by atoms with E-state index >= 15 is 0 Å². The molecule has 0 saturated carbocycles. The van der Waals surface area contributed by atoms with E-state index in [2.05, 4.69) is 17.2 Å². The lowest BCUT2D eigenvalue weighted by atomic mass is 10.1. The Morgan fingerprint density at radius 2 is 2.14 bits per heavy atom. The molecule has 1 fully saturated rings. The lowest BCUT2D eigenvalue weighted by Crippen LogP contribution is -2.50. The number of aliphatic imine (C=N–C) groups is 1. The molecule has 1 rings (SSSR count). The van der Waals surface area contributed by atoms with Crippen LogP contribution in [0.25, 0.3) is 0 Å². The predicted molar refractivity (Wildman–Crippen MR) is 86.3 cm³/mol. The summed E-state index contributed by atoms with van der Waals surface area (Å²) in [5.74, 6) is 0.386. The molecule has 21 heavy (non-hydrogen) atoms. The molecule has 2 unspecified atom stereocenters. The molecule has 0 aromatic carbocycles. The van der Waals surface area contributed by atoms with Crippen LogP contribution in [0, 0.1) is 0 Å². The number of hydrogen-bond acceptors (Lipinski definition) is 3. The number of nitrogens with two attached hydrogens (primary N) is 1. The summed E-state index contributed by atoms with van der Waals surface area (Å²) in [6.07, 6.45) is 3.71. The fourth-order valence-electron chi connectivity index (χ4n) is 2.27. The summed E-state index contributed by atoms with van der Waals surface area (Å²) >= 11 is 0. The van der Waals surface area contributed by atoms with E-state index in [0.29, 0.717) is 19.0 Å².